The fourth-order valence-electron chi connectivity index (χ4n) is 2.64. The van der Waals surface area contributed by atoms with Gasteiger partial charge < -0.3 is 5.32 Å². The van der Waals surface area contributed by atoms with Crippen LogP contribution in [0.1, 0.15) is 22.7 Å². The zero-order valence-corrected chi connectivity index (χ0v) is 11.8. The highest BCUT2D eigenvalue weighted by molar-refractivity contribution is 5.82. The van der Waals surface area contributed by atoms with E-state index in [9.17, 15) is 0 Å². The summed E-state index contributed by atoms with van der Waals surface area (Å²) in [7, 11) is 2.00. The van der Waals surface area contributed by atoms with Crippen molar-refractivity contribution in [3.05, 3.63) is 77.5 Å². The van der Waals surface area contributed by atoms with Crippen LogP contribution in [0.5, 0.6) is 0 Å². The van der Waals surface area contributed by atoms with Gasteiger partial charge in [0.15, 0.2) is 0 Å². The van der Waals surface area contributed by atoms with Crippen LogP contribution < -0.4 is 5.32 Å². The molecule has 1 atom stereocenters. The Labute approximate surface area is 119 Å². The summed E-state index contributed by atoms with van der Waals surface area (Å²) in [5.41, 5.74) is 4.86. The molecule has 0 bridgehead atoms. The van der Waals surface area contributed by atoms with Gasteiger partial charge in [0.25, 0.3) is 0 Å². The molecule has 1 aromatic heterocycles. The maximum Gasteiger partial charge on any atom is 0.0705 e. The van der Waals surface area contributed by atoms with Crippen molar-refractivity contribution in [2.75, 3.05) is 7.05 Å². The lowest BCUT2D eigenvalue weighted by Crippen LogP contribution is -2.18. The third-order valence-electron chi connectivity index (χ3n) is 3.69. The molecule has 3 aromatic rings. The highest BCUT2D eigenvalue weighted by Crippen LogP contribution is 2.28. The van der Waals surface area contributed by atoms with Gasteiger partial charge in [-0.05, 0) is 37.2 Å². The van der Waals surface area contributed by atoms with Crippen LogP contribution in [0.3, 0.4) is 0 Å². The molecule has 0 aliphatic heterocycles. The molecule has 0 spiro atoms. The minimum atomic E-state index is 0.184. The number of benzene rings is 2. The molecule has 1 N–H and O–H groups in total. The average Bonchev–Trinajstić information content (AvgIpc) is 2.50. The van der Waals surface area contributed by atoms with Crippen LogP contribution in [-0.4, -0.2) is 12.0 Å². The van der Waals surface area contributed by atoms with E-state index in [1.54, 1.807) is 0 Å². The summed E-state index contributed by atoms with van der Waals surface area (Å²) < 4.78 is 0. The molecule has 2 heteroatoms. The number of aryl methyl sites for hydroxylation is 1. The SMILES string of the molecule is CNC(c1ccc(C)cc1)c1cccc2ncccc12. The molecule has 0 saturated heterocycles. The fourth-order valence-corrected chi connectivity index (χ4v) is 2.64. The second-order valence-corrected chi connectivity index (χ2v) is 5.05. The Bertz CT molecular complexity index is 712. The molecule has 1 unspecified atom stereocenters. The Balaban J connectivity index is 2.14. The Morgan fingerprint density at radius 1 is 0.950 bits per heavy atom. The molecule has 0 aliphatic rings. The van der Waals surface area contributed by atoms with Crippen molar-refractivity contribution in [1.82, 2.24) is 10.3 Å². The van der Waals surface area contributed by atoms with Crippen molar-refractivity contribution in [2.45, 2.75) is 13.0 Å². The van der Waals surface area contributed by atoms with E-state index < -0.39 is 0 Å². The smallest absolute Gasteiger partial charge is 0.0705 e. The molecule has 0 fully saturated rings. The summed E-state index contributed by atoms with van der Waals surface area (Å²) in [6, 6.07) is 19.3. The number of pyridine rings is 1. The van der Waals surface area contributed by atoms with Gasteiger partial charge in [-0.1, -0.05) is 48.0 Å². The topological polar surface area (TPSA) is 24.9 Å². The zero-order valence-electron chi connectivity index (χ0n) is 11.8. The first-order chi connectivity index (χ1) is 9.79. The average molecular weight is 262 g/mol. The summed E-state index contributed by atoms with van der Waals surface area (Å²) in [6.07, 6.45) is 1.84. The predicted octanol–water partition coefficient (Wildman–Crippen LogP) is 3.85. The first-order valence-corrected chi connectivity index (χ1v) is 6.87. The van der Waals surface area contributed by atoms with E-state index in [2.05, 4.69) is 65.8 Å². The van der Waals surface area contributed by atoms with Crippen LogP contribution in [-0.2, 0) is 0 Å². The summed E-state index contributed by atoms with van der Waals surface area (Å²) in [5.74, 6) is 0. The molecule has 2 nitrogen and oxygen atoms in total. The largest absolute Gasteiger partial charge is 0.309 e. The normalized spacial score (nSPS) is 12.5. The van der Waals surface area contributed by atoms with Gasteiger partial charge in [0, 0.05) is 11.6 Å². The van der Waals surface area contributed by atoms with E-state index in [1.165, 1.54) is 22.1 Å². The fraction of sp³-hybridized carbons (Fsp3) is 0.167. The van der Waals surface area contributed by atoms with Gasteiger partial charge in [0.2, 0.25) is 0 Å². The molecule has 2 aromatic carbocycles. The van der Waals surface area contributed by atoms with Gasteiger partial charge in [0.1, 0.15) is 0 Å². The van der Waals surface area contributed by atoms with Crippen molar-refractivity contribution in [3.8, 4) is 0 Å². The lowest BCUT2D eigenvalue weighted by Gasteiger charge is -2.19. The van der Waals surface area contributed by atoms with E-state index in [0.29, 0.717) is 0 Å². The van der Waals surface area contributed by atoms with Crippen LogP contribution in [0.4, 0.5) is 0 Å². The molecule has 20 heavy (non-hydrogen) atoms. The second-order valence-electron chi connectivity index (χ2n) is 5.05. The Kier molecular flexibility index (Phi) is 3.48. The predicted molar refractivity (Wildman–Crippen MR) is 83.8 cm³/mol. The summed E-state index contributed by atoms with van der Waals surface area (Å²) in [5, 5.41) is 4.62. The Hall–Kier alpha value is -2.19. The van der Waals surface area contributed by atoms with Gasteiger partial charge in [-0.25, -0.2) is 0 Å². The standard InChI is InChI=1S/C18H18N2/c1-13-8-10-14(11-9-13)18(19-2)16-5-3-7-17-15(16)6-4-12-20-17/h3-12,18-19H,1-2H3. The van der Waals surface area contributed by atoms with Gasteiger partial charge >= 0.3 is 0 Å². The van der Waals surface area contributed by atoms with E-state index in [-0.39, 0.29) is 6.04 Å². The van der Waals surface area contributed by atoms with Gasteiger partial charge in [-0.2, -0.15) is 0 Å². The van der Waals surface area contributed by atoms with Gasteiger partial charge in [-0.3, -0.25) is 4.98 Å². The maximum atomic E-state index is 4.44. The Morgan fingerprint density at radius 2 is 1.75 bits per heavy atom. The molecular weight excluding hydrogens is 244 g/mol. The highest BCUT2D eigenvalue weighted by Gasteiger charge is 2.14. The minimum absolute atomic E-state index is 0.184. The molecule has 100 valence electrons. The summed E-state index contributed by atoms with van der Waals surface area (Å²) >= 11 is 0. The third kappa shape index (κ3) is 2.30. The quantitative estimate of drug-likeness (QED) is 0.775. The number of aromatic nitrogens is 1. The van der Waals surface area contributed by atoms with Crippen LogP contribution in [0.2, 0.25) is 0 Å². The molecule has 0 amide bonds. The van der Waals surface area contributed by atoms with Crippen molar-refractivity contribution in [1.29, 1.82) is 0 Å². The lowest BCUT2D eigenvalue weighted by molar-refractivity contribution is 0.696. The number of hydrogen-bond acceptors (Lipinski definition) is 2. The van der Waals surface area contributed by atoms with Crippen molar-refractivity contribution in [3.63, 3.8) is 0 Å². The number of nitrogens with one attached hydrogen (secondary N) is 1. The molecular formula is C18H18N2. The second kappa shape index (κ2) is 5.43. The molecule has 3 rings (SSSR count). The maximum absolute atomic E-state index is 4.44. The van der Waals surface area contributed by atoms with Crippen molar-refractivity contribution < 1.29 is 0 Å². The van der Waals surface area contributed by atoms with Crippen LogP contribution in [0, 0.1) is 6.92 Å². The van der Waals surface area contributed by atoms with Gasteiger partial charge in [0.05, 0.1) is 11.6 Å². The molecule has 0 radical (unpaired) electrons. The third-order valence-corrected chi connectivity index (χ3v) is 3.69. The number of fused-ring (bicyclic) bond motifs is 1. The monoisotopic (exact) mass is 262 g/mol. The molecule has 0 saturated carbocycles. The van der Waals surface area contributed by atoms with Gasteiger partial charge in [-0.15, -0.1) is 0 Å². The zero-order chi connectivity index (χ0) is 13.9. The van der Waals surface area contributed by atoms with E-state index >= 15 is 0 Å². The van der Waals surface area contributed by atoms with E-state index in [1.807, 2.05) is 19.3 Å². The first-order valence-electron chi connectivity index (χ1n) is 6.87. The van der Waals surface area contributed by atoms with Crippen molar-refractivity contribution >= 4 is 10.9 Å². The van der Waals surface area contributed by atoms with Crippen LogP contribution in [0.15, 0.2) is 60.8 Å². The van der Waals surface area contributed by atoms with Crippen molar-refractivity contribution in [2.24, 2.45) is 0 Å². The lowest BCUT2D eigenvalue weighted by atomic mass is 9.95. The number of nitrogens with zero attached hydrogens (tertiary/aromatic N) is 1. The Morgan fingerprint density at radius 3 is 2.50 bits per heavy atom. The van der Waals surface area contributed by atoms with Crippen LogP contribution >= 0.6 is 0 Å². The molecule has 0 aliphatic carbocycles. The highest BCUT2D eigenvalue weighted by atomic mass is 14.9. The minimum Gasteiger partial charge on any atom is -0.309 e. The first kappa shape index (κ1) is 12.8. The van der Waals surface area contributed by atoms with E-state index in [4.69, 9.17) is 0 Å². The van der Waals surface area contributed by atoms with Crippen LogP contribution in [0.25, 0.3) is 10.9 Å². The number of hydrogen-bond donors (Lipinski definition) is 1. The van der Waals surface area contributed by atoms with E-state index in [0.717, 1.165) is 5.52 Å². The number of rotatable bonds is 3. The molecule has 1 heterocycles. The summed E-state index contributed by atoms with van der Waals surface area (Å²) in [4.78, 5) is 4.44. The summed E-state index contributed by atoms with van der Waals surface area (Å²) in [6.45, 7) is 2.11.